The number of carbonyl (C=O) groups is 1. The summed E-state index contributed by atoms with van der Waals surface area (Å²) < 4.78 is 10.1. The van der Waals surface area contributed by atoms with Crippen molar-refractivity contribution in [2.45, 2.75) is 19.8 Å². The average Bonchev–Trinajstić information content (AvgIpc) is 2.46. The van der Waals surface area contributed by atoms with Crippen LogP contribution in [0.15, 0.2) is 6.20 Å². The molecule has 1 aliphatic heterocycles. The molecule has 0 amide bonds. The molecule has 0 bridgehead atoms. The van der Waals surface area contributed by atoms with E-state index < -0.39 is 5.97 Å². The molecule has 0 unspecified atom stereocenters. The molecule has 0 atom stereocenters. The first-order valence-electron chi connectivity index (χ1n) is 6.41. The number of anilines is 1. The van der Waals surface area contributed by atoms with Crippen LogP contribution in [0.25, 0.3) is 0 Å². The highest BCUT2D eigenvalue weighted by Gasteiger charge is 2.21. The minimum absolute atomic E-state index is 0.114. The SMILES string of the molecule is COC(=O)c1ncc(N2CCOCC2)nc1C(C)C. The molecule has 1 saturated heterocycles. The number of hydrogen-bond donors (Lipinski definition) is 0. The molecule has 6 nitrogen and oxygen atoms in total. The van der Waals surface area contributed by atoms with E-state index in [0.717, 1.165) is 18.9 Å². The Kier molecular flexibility index (Phi) is 4.31. The number of morpholine rings is 1. The highest BCUT2D eigenvalue weighted by molar-refractivity contribution is 5.88. The van der Waals surface area contributed by atoms with Crippen molar-refractivity contribution in [1.82, 2.24) is 9.97 Å². The first-order valence-corrected chi connectivity index (χ1v) is 6.41. The van der Waals surface area contributed by atoms with Gasteiger partial charge in [-0.15, -0.1) is 0 Å². The lowest BCUT2D eigenvalue weighted by molar-refractivity contribution is 0.0591. The van der Waals surface area contributed by atoms with Gasteiger partial charge in [-0.3, -0.25) is 0 Å². The summed E-state index contributed by atoms with van der Waals surface area (Å²) in [5.41, 5.74) is 0.977. The lowest BCUT2D eigenvalue weighted by Gasteiger charge is -2.28. The maximum atomic E-state index is 11.7. The van der Waals surface area contributed by atoms with E-state index in [2.05, 4.69) is 14.9 Å². The van der Waals surface area contributed by atoms with E-state index >= 15 is 0 Å². The average molecular weight is 265 g/mol. The van der Waals surface area contributed by atoms with Crippen molar-refractivity contribution in [3.05, 3.63) is 17.6 Å². The molecule has 2 heterocycles. The number of rotatable bonds is 3. The lowest BCUT2D eigenvalue weighted by Crippen LogP contribution is -2.37. The predicted molar refractivity (Wildman–Crippen MR) is 70.5 cm³/mol. The molecule has 2 rings (SSSR count). The number of hydrogen-bond acceptors (Lipinski definition) is 6. The zero-order valence-electron chi connectivity index (χ0n) is 11.5. The van der Waals surface area contributed by atoms with Gasteiger partial charge in [0.05, 0.1) is 32.2 Å². The monoisotopic (exact) mass is 265 g/mol. The Labute approximate surface area is 112 Å². The normalized spacial score (nSPS) is 15.7. The summed E-state index contributed by atoms with van der Waals surface area (Å²) >= 11 is 0. The number of ether oxygens (including phenoxy) is 2. The Balaban J connectivity index is 2.32. The molecule has 0 aliphatic carbocycles. The molecule has 104 valence electrons. The molecule has 0 radical (unpaired) electrons. The molecule has 1 fully saturated rings. The summed E-state index contributed by atoms with van der Waals surface area (Å²) in [6.07, 6.45) is 1.63. The maximum Gasteiger partial charge on any atom is 0.358 e. The van der Waals surface area contributed by atoms with E-state index in [1.165, 1.54) is 7.11 Å². The van der Waals surface area contributed by atoms with Crippen LogP contribution in [0.3, 0.4) is 0 Å². The number of methoxy groups -OCH3 is 1. The number of nitrogens with zero attached hydrogens (tertiary/aromatic N) is 3. The van der Waals surface area contributed by atoms with Crippen LogP contribution >= 0.6 is 0 Å². The van der Waals surface area contributed by atoms with Crippen molar-refractivity contribution in [2.24, 2.45) is 0 Å². The fourth-order valence-electron chi connectivity index (χ4n) is 1.99. The second-order valence-corrected chi connectivity index (χ2v) is 4.71. The van der Waals surface area contributed by atoms with Crippen LogP contribution in [0.2, 0.25) is 0 Å². The van der Waals surface area contributed by atoms with Gasteiger partial charge in [0.25, 0.3) is 0 Å². The van der Waals surface area contributed by atoms with Crippen molar-refractivity contribution in [3.8, 4) is 0 Å². The minimum atomic E-state index is -0.440. The molecular formula is C13H19N3O3. The third-order valence-electron chi connectivity index (χ3n) is 3.05. The highest BCUT2D eigenvalue weighted by atomic mass is 16.5. The van der Waals surface area contributed by atoms with E-state index in [9.17, 15) is 4.79 Å². The zero-order chi connectivity index (χ0) is 13.8. The van der Waals surface area contributed by atoms with Crippen LogP contribution in [0.1, 0.15) is 35.9 Å². The maximum absolute atomic E-state index is 11.7. The van der Waals surface area contributed by atoms with Gasteiger partial charge in [0, 0.05) is 13.1 Å². The first-order chi connectivity index (χ1) is 9.13. The summed E-state index contributed by atoms with van der Waals surface area (Å²) in [6, 6.07) is 0. The topological polar surface area (TPSA) is 64.5 Å². The van der Waals surface area contributed by atoms with Crippen molar-refractivity contribution < 1.29 is 14.3 Å². The second-order valence-electron chi connectivity index (χ2n) is 4.71. The summed E-state index contributed by atoms with van der Waals surface area (Å²) in [7, 11) is 1.35. The Morgan fingerprint density at radius 1 is 1.42 bits per heavy atom. The Hall–Kier alpha value is -1.69. The van der Waals surface area contributed by atoms with E-state index in [4.69, 9.17) is 9.47 Å². The largest absolute Gasteiger partial charge is 0.464 e. The molecule has 0 aromatic carbocycles. The van der Waals surface area contributed by atoms with Gasteiger partial charge in [-0.05, 0) is 5.92 Å². The van der Waals surface area contributed by atoms with Crippen LogP contribution in [0.5, 0.6) is 0 Å². The van der Waals surface area contributed by atoms with Gasteiger partial charge in [-0.2, -0.15) is 0 Å². The fraction of sp³-hybridized carbons (Fsp3) is 0.615. The Morgan fingerprint density at radius 3 is 2.68 bits per heavy atom. The number of carbonyl (C=O) groups excluding carboxylic acids is 1. The van der Waals surface area contributed by atoms with Crippen LogP contribution < -0.4 is 4.90 Å². The summed E-state index contributed by atoms with van der Waals surface area (Å²) in [5, 5.41) is 0. The minimum Gasteiger partial charge on any atom is -0.464 e. The summed E-state index contributed by atoms with van der Waals surface area (Å²) in [5.74, 6) is 0.465. The van der Waals surface area contributed by atoms with Crippen molar-refractivity contribution in [3.63, 3.8) is 0 Å². The molecule has 1 aromatic rings. The Morgan fingerprint density at radius 2 is 2.11 bits per heavy atom. The molecule has 19 heavy (non-hydrogen) atoms. The van der Waals surface area contributed by atoms with Gasteiger partial charge in [-0.1, -0.05) is 13.8 Å². The quantitative estimate of drug-likeness (QED) is 0.766. The van der Waals surface area contributed by atoms with E-state index in [1.54, 1.807) is 6.20 Å². The lowest BCUT2D eigenvalue weighted by atomic mass is 10.1. The van der Waals surface area contributed by atoms with Crippen LogP contribution in [-0.4, -0.2) is 49.4 Å². The third-order valence-corrected chi connectivity index (χ3v) is 3.05. The molecule has 1 aromatic heterocycles. The van der Waals surface area contributed by atoms with Crippen molar-refractivity contribution in [1.29, 1.82) is 0 Å². The van der Waals surface area contributed by atoms with Gasteiger partial charge >= 0.3 is 5.97 Å². The molecule has 6 heteroatoms. The van der Waals surface area contributed by atoms with Gasteiger partial charge in [0.1, 0.15) is 5.82 Å². The predicted octanol–water partition coefficient (Wildman–Crippen LogP) is 1.22. The number of aromatic nitrogens is 2. The summed E-state index contributed by atoms with van der Waals surface area (Å²) in [4.78, 5) is 22.6. The van der Waals surface area contributed by atoms with Gasteiger partial charge in [0.2, 0.25) is 0 Å². The van der Waals surface area contributed by atoms with Crippen molar-refractivity contribution in [2.75, 3.05) is 38.3 Å². The summed E-state index contributed by atoms with van der Waals surface area (Å²) in [6.45, 7) is 6.95. The molecule has 0 saturated carbocycles. The highest BCUT2D eigenvalue weighted by Crippen LogP contribution is 2.20. The van der Waals surface area contributed by atoms with Gasteiger partial charge < -0.3 is 14.4 Å². The smallest absolute Gasteiger partial charge is 0.358 e. The molecular weight excluding hydrogens is 246 g/mol. The zero-order valence-corrected chi connectivity index (χ0v) is 11.5. The van der Waals surface area contributed by atoms with E-state index in [0.29, 0.717) is 24.6 Å². The standard InChI is InChI=1S/C13H19N3O3/c1-9(2)11-12(13(17)18-3)14-8-10(15-11)16-4-6-19-7-5-16/h8-9H,4-7H2,1-3H3. The van der Waals surface area contributed by atoms with Gasteiger partial charge in [-0.25, -0.2) is 14.8 Å². The second kappa shape index (κ2) is 5.97. The molecule has 0 spiro atoms. The number of esters is 1. The first kappa shape index (κ1) is 13.7. The third kappa shape index (κ3) is 3.01. The van der Waals surface area contributed by atoms with E-state index in [1.807, 2.05) is 13.8 Å². The van der Waals surface area contributed by atoms with Crippen LogP contribution in [-0.2, 0) is 9.47 Å². The molecule has 1 aliphatic rings. The van der Waals surface area contributed by atoms with Crippen LogP contribution in [0, 0.1) is 0 Å². The Bertz CT molecular complexity index is 456. The van der Waals surface area contributed by atoms with E-state index in [-0.39, 0.29) is 5.92 Å². The van der Waals surface area contributed by atoms with Crippen LogP contribution in [0.4, 0.5) is 5.82 Å². The molecule has 0 N–H and O–H groups in total. The van der Waals surface area contributed by atoms with Gasteiger partial charge in [0.15, 0.2) is 5.69 Å². The fourth-order valence-corrected chi connectivity index (χ4v) is 1.99. The van der Waals surface area contributed by atoms with Crippen molar-refractivity contribution >= 4 is 11.8 Å².